The van der Waals surface area contributed by atoms with Gasteiger partial charge in [-0.25, -0.2) is 4.98 Å². The summed E-state index contributed by atoms with van der Waals surface area (Å²) in [6.07, 6.45) is 1.48. The van der Waals surface area contributed by atoms with Crippen molar-refractivity contribution in [1.29, 1.82) is 0 Å². The normalized spacial score (nSPS) is 18.7. The van der Waals surface area contributed by atoms with E-state index in [1.807, 2.05) is 40.6 Å². The lowest BCUT2D eigenvalue weighted by Crippen LogP contribution is -2.44. The van der Waals surface area contributed by atoms with E-state index >= 15 is 0 Å². The molecule has 3 rings (SSSR count). The molecule has 2 N–H and O–H groups in total. The Kier molecular flexibility index (Phi) is 5.38. The molecule has 1 atom stereocenters. The van der Waals surface area contributed by atoms with Gasteiger partial charge in [-0.15, -0.1) is 11.3 Å². The number of thiazole rings is 1. The number of nitrogens with one attached hydrogen (secondary N) is 1. The minimum Gasteiger partial charge on any atom is -0.392 e. The van der Waals surface area contributed by atoms with E-state index < -0.39 is 0 Å². The lowest BCUT2D eigenvalue weighted by molar-refractivity contribution is -0.123. The molecule has 0 unspecified atom stereocenters. The van der Waals surface area contributed by atoms with E-state index in [4.69, 9.17) is 0 Å². The maximum Gasteiger partial charge on any atom is 0.234 e. The molecule has 2 aromatic rings. The highest BCUT2D eigenvalue weighted by Gasteiger charge is 2.19. The van der Waals surface area contributed by atoms with Crippen molar-refractivity contribution in [2.24, 2.45) is 0 Å². The number of rotatable bonds is 5. The molecule has 6 heteroatoms. The predicted octanol–water partition coefficient (Wildman–Crippen LogP) is 1.88. The monoisotopic (exact) mass is 331 g/mol. The highest BCUT2D eigenvalue weighted by Crippen LogP contribution is 2.21. The molecule has 0 radical (unpaired) electrons. The molecule has 2 heterocycles. The number of hydrogen-bond acceptors (Lipinski definition) is 5. The summed E-state index contributed by atoms with van der Waals surface area (Å²) in [5.41, 5.74) is 2.03. The summed E-state index contributed by atoms with van der Waals surface area (Å²) in [4.78, 5) is 18.6. The molecule has 1 aliphatic heterocycles. The van der Waals surface area contributed by atoms with Crippen LogP contribution in [0, 0.1) is 0 Å². The topological polar surface area (TPSA) is 65.5 Å². The molecule has 122 valence electrons. The maximum absolute atomic E-state index is 12.0. The predicted molar refractivity (Wildman–Crippen MR) is 91.1 cm³/mol. The Balaban J connectivity index is 1.48. The van der Waals surface area contributed by atoms with Crippen molar-refractivity contribution in [3.8, 4) is 11.3 Å². The number of carbonyl (C=O) groups is 1. The number of piperidine rings is 1. The van der Waals surface area contributed by atoms with Crippen LogP contribution in [0.1, 0.15) is 17.8 Å². The van der Waals surface area contributed by atoms with E-state index in [0.717, 1.165) is 35.7 Å². The molecule has 0 spiro atoms. The fraction of sp³-hybridized carbons (Fsp3) is 0.412. The molecule has 1 aliphatic rings. The lowest BCUT2D eigenvalue weighted by Gasteiger charge is -2.29. The van der Waals surface area contributed by atoms with Crippen molar-refractivity contribution in [2.75, 3.05) is 19.6 Å². The Morgan fingerprint density at radius 3 is 3.00 bits per heavy atom. The zero-order valence-corrected chi connectivity index (χ0v) is 13.8. The maximum atomic E-state index is 12.0. The van der Waals surface area contributed by atoms with Crippen LogP contribution in [0.3, 0.4) is 0 Å². The molecule has 1 fully saturated rings. The molecule has 0 bridgehead atoms. The first kappa shape index (κ1) is 16.1. The number of β-amino-alcohol motifs (C(OH)–C–C–N with tert-alkyl or cyclic N) is 1. The number of benzene rings is 1. The number of aliphatic hydroxyl groups excluding tert-OH is 1. The first-order valence-electron chi connectivity index (χ1n) is 7.87. The number of likely N-dealkylation sites (tertiary alicyclic amines) is 1. The summed E-state index contributed by atoms with van der Waals surface area (Å²) in [5, 5.41) is 15.5. The summed E-state index contributed by atoms with van der Waals surface area (Å²) in [7, 11) is 0. The minimum atomic E-state index is -0.302. The SMILES string of the molecule is O=C(CN1CCC[C@@H](O)C1)NCc1nc(-c2ccccc2)cs1. The molecular formula is C17H21N3O2S. The first-order chi connectivity index (χ1) is 11.2. The summed E-state index contributed by atoms with van der Waals surface area (Å²) in [5.74, 6) is -0.0180. The average molecular weight is 331 g/mol. The summed E-state index contributed by atoms with van der Waals surface area (Å²) >= 11 is 1.55. The molecule has 0 aliphatic carbocycles. The largest absolute Gasteiger partial charge is 0.392 e. The third-order valence-corrected chi connectivity index (χ3v) is 4.75. The fourth-order valence-electron chi connectivity index (χ4n) is 2.74. The average Bonchev–Trinajstić information content (AvgIpc) is 3.03. The lowest BCUT2D eigenvalue weighted by atomic mass is 10.1. The van der Waals surface area contributed by atoms with Gasteiger partial charge in [-0.05, 0) is 19.4 Å². The second-order valence-electron chi connectivity index (χ2n) is 5.80. The van der Waals surface area contributed by atoms with Crippen molar-refractivity contribution < 1.29 is 9.90 Å². The van der Waals surface area contributed by atoms with Crippen LogP contribution in [0.25, 0.3) is 11.3 Å². The van der Waals surface area contributed by atoms with Crippen LogP contribution in [0.15, 0.2) is 35.7 Å². The van der Waals surface area contributed by atoms with Gasteiger partial charge in [0.25, 0.3) is 0 Å². The number of aliphatic hydroxyl groups is 1. The van der Waals surface area contributed by atoms with Crippen LogP contribution < -0.4 is 5.32 Å². The van der Waals surface area contributed by atoms with Crippen molar-refractivity contribution in [3.05, 3.63) is 40.7 Å². The number of aromatic nitrogens is 1. The second-order valence-corrected chi connectivity index (χ2v) is 6.74. The molecule has 1 aromatic heterocycles. The van der Waals surface area contributed by atoms with Gasteiger partial charge in [0.05, 0.1) is 24.9 Å². The highest BCUT2D eigenvalue weighted by atomic mass is 32.1. The second kappa shape index (κ2) is 7.68. The van der Waals surface area contributed by atoms with Crippen molar-refractivity contribution in [2.45, 2.75) is 25.5 Å². The number of hydrogen-bond donors (Lipinski definition) is 2. The minimum absolute atomic E-state index is 0.0180. The van der Waals surface area contributed by atoms with E-state index in [-0.39, 0.29) is 12.0 Å². The van der Waals surface area contributed by atoms with Gasteiger partial charge in [-0.2, -0.15) is 0 Å². The third kappa shape index (κ3) is 4.60. The molecule has 0 saturated carbocycles. The van der Waals surface area contributed by atoms with E-state index in [9.17, 15) is 9.90 Å². The van der Waals surface area contributed by atoms with Crippen molar-refractivity contribution >= 4 is 17.2 Å². The van der Waals surface area contributed by atoms with E-state index in [2.05, 4.69) is 10.3 Å². The molecule has 1 aromatic carbocycles. The summed E-state index contributed by atoms with van der Waals surface area (Å²) in [6.45, 7) is 2.25. The standard InChI is InChI=1S/C17H21N3O2S/c21-14-7-4-8-20(10-14)11-16(22)18-9-17-19-15(12-23-17)13-5-2-1-3-6-13/h1-3,5-6,12,14,21H,4,7-11H2,(H,18,22)/t14-/m1/s1. The molecular weight excluding hydrogens is 310 g/mol. The summed E-state index contributed by atoms with van der Waals surface area (Å²) in [6, 6.07) is 10.0. The van der Waals surface area contributed by atoms with Crippen LogP contribution >= 0.6 is 11.3 Å². The number of carbonyl (C=O) groups excluding carboxylic acids is 1. The Morgan fingerprint density at radius 2 is 2.22 bits per heavy atom. The van der Waals surface area contributed by atoms with Crippen LogP contribution in [0.4, 0.5) is 0 Å². The smallest absolute Gasteiger partial charge is 0.234 e. The van der Waals surface area contributed by atoms with Crippen LogP contribution in [-0.2, 0) is 11.3 Å². The van der Waals surface area contributed by atoms with Gasteiger partial charge in [-0.1, -0.05) is 30.3 Å². The van der Waals surface area contributed by atoms with Crippen LogP contribution in [0.2, 0.25) is 0 Å². The summed E-state index contributed by atoms with van der Waals surface area (Å²) < 4.78 is 0. The zero-order valence-electron chi connectivity index (χ0n) is 12.9. The zero-order chi connectivity index (χ0) is 16.1. The fourth-order valence-corrected chi connectivity index (χ4v) is 3.48. The quantitative estimate of drug-likeness (QED) is 0.878. The molecule has 5 nitrogen and oxygen atoms in total. The van der Waals surface area contributed by atoms with Gasteiger partial charge >= 0.3 is 0 Å². The number of amides is 1. The first-order valence-corrected chi connectivity index (χ1v) is 8.75. The number of nitrogens with zero attached hydrogens (tertiary/aromatic N) is 2. The Labute approximate surface area is 140 Å². The van der Waals surface area contributed by atoms with Crippen molar-refractivity contribution in [1.82, 2.24) is 15.2 Å². The molecule has 1 amide bonds. The van der Waals surface area contributed by atoms with E-state index in [0.29, 0.717) is 19.6 Å². The van der Waals surface area contributed by atoms with Crippen LogP contribution in [0.5, 0.6) is 0 Å². The van der Waals surface area contributed by atoms with Gasteiger partial charge in [-0.3, -0.25) is 9.69 Å². The molecule has 23 heavy (non-hydrogen) atoms. The van der Waals surface area contributed by atoms with E-state index in [1.165, 1.54) is 0 Å². The Hall–Kier alpha value is -1.76. The third-order valence-electron chi connectivity index (χ3n) is 3.91. The van der Waals surface area contributed by atoms with Gasteiger partial charge < -0.3 is 10.4 Å². The Morgan fingerprint density at radius 1 is 1.39 bits per heavy atom. The van der Waals surface area contributed by atoms with Gasteiger partial charge in [0.15, 0.2) is 0 Å². The van der Waals surface area contributed by atoms with E-state index in [1.54, 1.807) is 11.3 Å². The van der Waals surface area contributed by atoms with Gasteiger partial charge in [0.2, 0.25) is 5.91 Å². The van der Waals surface area contributed by atoms with Gasteiger partial charge in [0.1, 0.15) is 5.01 Å². The Bertz CT molecular complexity index is 644. The van der Waals surface area contributed by atoms with Gasteiger partial charge in [0, 0.05) is 17.5 Å². The molecule has 1 saturated heterocycles. The van der Waals surface area contributed by atoms with Crippen LogP contribution in [-0.4, -0.2) is 46.6 Å². The highest BCUT2D eigenvalue weighted by molar-refractivity contribution is 7.09. The van der Waals surface area contributed by atoms with Crippen molar-refractivity contribution in [3.63, 3.8) is 0 Å².